The Bertz CT molecular complexity index is 403. The predicted octanol–water partition coefficient (Wildman–Crippen LogP) is 1.49. The van der Waals surface area contributed by atoms with E-state index >= 15 is 0 Å². The first-order valence-electron chi connectivity index (χ1n) is 5.79. The molecule has 0 bridgehead atoms. The van der Waals surface area contributed by atoms with Crippen molar-refractivity contribution in [2.24, 2.45) is 0 Å². The van der Waals surface area contributed by atoms with Gasteiger partial charge in [-0.15, -0.1) is 0 Å². The Morgan fingerprint density at radius 3 is 2.94 bits per heavy atom. The van der Waals surface area contributed by atoms with Gasteiger partial charge in [-0.3, -0.25) is 9.59 Å². The van der Waals surface area contributed by atoms with Crippen LogP contribution in [0.15, 0.2) is 16.8 Å². The van der Waals surface area contributed by atoms with Crippen molar-refractivity contribution in [3.05, 3.63) is 22.4 Å². The molecule has 1 aliphatic rings. The number of likely N-dealkylation sites (N-methyl/N-ethyl adjacent to an activating group) is 1. The summed E-state index contributed by atoms with van der Waals surface area (Å²) in [6.07, 6.45) is 2.74. The Balaban J connectivity index is 2.16. The molecule has 1 saturated heterocycles. The van der Waals surface area contributed by atoms with Crippen molar-refractivity contribution in [3.63, 3.8) is 0 Å². The van der Waals surface area contributed by atoms with Crippen LogP contribution in [0.3, 0.4) is 0 Å². The largest absolute Gasteiger partial charge is 0.357 e. The Hall–Kier alpha value is -1.36. The number of hydrogen-bond acceptors (Lipinski definition) is 3. The molecule has 17 heavy (non-hydrogen) atoms. The van der Waals surface area contributed by atoms with Crippen LogP contribution in [-0.4, -0.2) is 36.3 Å². The lowest BCUT2D eigenvalue weighted by Crippen LogP contribution is -2.51. The van der Waals surface area contributed by atoms with Gasteiger partial charge in [0.2, 0.25) is 5.91 Å². The second-order valence-electron chi connectivity index (χ2n) is 4.14. The van der Waals surface area contributed by atoms with Crippen molar-refractivity contribution in [2.75, 3.05) is 13.6 Å². The van der Waals surface area contributed by atoms with Crippen LogP contribution in [0.2, 0.25) is 0 Å². The smallest absolute Gasteiger partial charge is 0.255 e. The van der Waals surface area contributed by atoms with E-state index in [0.717, 1.165) is 19.3 Å². The molecule has 1 atom stereocenters. The molecule has 2 rings (SSSR count). The van der Waals surface area contributed by atoms with Crippen LogP contribution < -0.4 is 5.32 Å². The lowest BCUT2D eigenvalue weighted by Gasteiger charge is -2.34. The number of piperidine rings is 1. The maximum absolute atomic E-state index is 12.2. The Morgan fingerprint density at radius 2 is 2.29 bits per heavy atom. The zero-order chi connectivity index (χ0) is 12.3. The number of nitrogens with one attached hydrogen (secondary N) is 1. The van der Waals surface area contributed by atoms with Crippen LogP contribution in [-0.2, 0) is 4.79 Å². The average molecular weight is 252 g/mol. The molecule has 92 valence electrons. The maximum atomic E-state index is 12.2. The van der Waals surface area contributed by atoms with E-state index in [-0.39, 0.29) is 17.9 Å². The number of rotatable bonds is 2. The molecular weight excluding hydrogens is 236 g/mol. The van der Waals surface area contributed by atoms with Crippen LogP contribution in [0.25, 0.3) is 0 Å². The normalized spacial score (nSPS) is 20.1. The van der Waals surface area contributed by atoms with Crippen molar-refractivity contribution >= 4 is 23.2 Å². The summed E-state index contributed by atoms with van der Waals surface area (Å²) < 4.78 is 0. The number of hydrogen-bond donors (Lipinski definition) is 1. The molecule has 4 nitrogen and oxygen atoms in total. The summed E-state index contributed by atoms with van der Waals surface area (Å²) in [5.74, 6) is -0.0900. The fourth-order valence-electron chi connectivity index (χ4n) is 2.17. The number of amides is 2. The minimum absolute atomic E-state index is 0.0282. The van der Waals surface area contributed by atoms with Crippen molar-refractivity contribution in [1.82, 2.24) is 10.2 Å². The molecule has 5 heteroatoms. The third-order valence-corrected chi connectivity index (χ3v) is 3.76. The number of carbonyl (C=O) groups is 2. The summed E-state index contributed by atoms with van der Waals surface area (Å²) in [6, 6.07) is 1.50. The third kappa shape index (κ3) is 2.49. The fraction of sp³-hybridized carbons (Fsp3) is 0.500. The molecule has 1 aliphatic heterocycles. The van der Waals surface area contributed by atoms with Crippen molar-refractivity contribution in [2.45, 2.75) is 25.3 Å². The summed E-state index contributed by atoms with van der Waals surface area (Å²) in [6.45, 7) is 0.673. The van der Waals surface area contributed by atoms with Gasteiger partial charge in [-0.25, -0.2) is 0 Å². The average Bonchev–Trinajstić information content (AvgIpc) is 2.91. The second kappa shape index (κ2) is 5.31. The zero-order valence-corrected chi connectivity index (χ0v) is 10.6. The SMILES string of the molecule is CNC(=O)[C@@H]1CCCCN1C(=O)c1ccsc1. The zero-order valence-electron chi connectivity index (χ0n) is 9.81. The first-order valence-corrected chi connectivity index (χ1v) is 6.73. The topological polar surface area (TPSA) is 49.4 Å². The van der Waals surface area contributed by atoms with Crippen LogP contribution in [0.5, 0.6) is 0 Å². The summed E-state index contributed by atoms with van der Waals surface area (Å²) in [7, 11) is 1.62. The summed E-state index contributed by atoms with van der Waals surface area (Å²) in [5.41, 5.74) is 0.686. The van der Waals surface area contributed by atoms with Gasteiger partial charge >= 0.3 is 0 Å². The van der Waals surface area contributed by atoms with Gasteiger partial charge < -0.3 is 10.2 Å². The highest BCUT2D eigenvalue weighted by Gasteiger charge is 2.31. The molecule has 0 aromatic carbocycles. The van der Waals surface area contributed by atoms with Crippen LogP contribution in [0, 0.1) is 0 Å². The molecule has 2 heterocycles. The van der Waals surface area contributed by atoms with Gasteiger partial charge in [-0.1, -0.05) is 0 Å². The van der Waals surface area contributed by atoms with Gasteiger partial charge in [0.25, 0.3) is 5.91 Å². The van der Waals surface area contributed by atoms with E-state index in [0.29, 0.717) is 12.1 Å². The number of likely N-dealkylation sites (tertiary alicyclic amines) is 1. The van der Waals surface area contributed by atoms with Crippen LogP contribution in [0.4, 0.5) is 0 Å². The van der Waals surface area contributed by atoms with Gasteiger partial charge in [0.1, 0.15) is 6.04 Å². The van der Waals surface area contributed by atoms with Gasteiger partial charge in [0.15, 0.2) is 0 Å². The van der Waals surface area contributed by atoms with Crippen LogP contribution in [0.1, 0.15) is 29.6 Å². The minimum Gasteiger partial charge on any atom is -0.357 e. The van der Waals surface area contributed by atoms with Gasteiger partial charge in [-0.05, 0) is 30.7 Å². The molecule has 1 fully saturated rings. The molecular formula is C12H16N2O2S. The molecule has 0 radical (unpaired) electrons. The molecule has 1 aromatic heterocycles. The molecule has 0 spiro atoms. The lowest BCUT2D eigenvalue weighted by atomic mass is 10.0. The second-order valence-corrected chi connectivity index (χ2v) is 4.92. The monoisotopic (exact) mass is 252 g/mol. The maximum Gasteiger partial charge on any atom is 0.255 e. The van der Waals surface area contributed by atoms with E-state index < -0.39 is 0 Å². The quantitative estimate of drug-likeness (QED) is 0.867. The summed E-state index contributed by atoms with van der Waals surface area (Å²) in [5, 5.41) is 6.35. The van der Waals surface area contributed by atoms with Crippen molar-refractivity contribution < 1.29 is 9.59 Å². The number of thiophene rings is 1. The molecule has 0 saturated carbocycles. The number of nitrogens with zero attached hydrogens (tertiary/aromatic N) is 1. The molecule has 0 unspecified atom stereocenters. The highest BCUT2D eigenvalue weighted by molar-refractivity contribution is 7.08. The molecule has 2 amide bonds. The van der Waals surface area contributed by atoms with E-state index in [1.54, 1.807) is 11.9 Å². The molecule has 1 N–H and O–H groups in total. The Morgan fingerprint density at radius 1 is 1.47 bits per heavy atom. The van der Waals surface area contributed by atoms with Gasteiger partial charge in [0, 0.05) is 19.0 Å². The molecule has 1 aromatic rings. The highest BCUT2D eigenvalue weighted by Crippen LogP contribution is 2.20. The highest BCUT2D eigenvalue weighted by atomic mass is 32.1. The van der Waals surface area contributed by atoms with Gasteiger partial charge in [-0.2, -0.15) is 11.3 Å². The predicted molar refractivity (Wildman–Crippen MR) is 67.1 cm³/mol. The van der Waals surface area contributed by atoms with E-state index in [2.05, 4.69) is 5.32 Å². The standard InChI is InChI=1S/C12H16N2O2S/c1-13-11(15)10-4-2-3-6-14(10)12(16)9-5-7-17-8-9/h5,7-8,10H,2-4,6H2,1H3,(H,13,15)/t10-/m0/s1. The fourth-order valence-corrected chi connectivity index (χ4v) is 2.80. The first-order chi connectivity index (χ1) is 8.24. The Kier molecular flexibility index (Phi) is 3.78. The van der Waals surface area contributed by atoms with Crippen molar-refractivity contribution in [3.8, 4) is 0 Å². The summed E-state index contributed by atoms with van der Waals surface area (Å²) >= 11 is 1.50. The van der Waals surface area contributed by atoms with Crippen molar-refractivity contribution in [1.29, 1.82) is 0 Å². The summed E-state index contributed by atoms with van der Waals surface area (Å²) in [4.78, 5) is 25.7. The first kappa shape index (κ1) is 12.1. The van der Waals surface area contributed by atoms with E-state index in [1.807, 2.05) is 16.8 Å². The lowest BCUT2D eigenvalue weighted by molar-refractivity contribution is -0.126. The third-order valence-electron chi connectivity index (χ3n) is 3.08. The molecule has 0 aliphatic carbocycles. The van der Waals surface area contributed by atoms with E-state index in [1.165, 1.54) is 11.3 Å². The van der Waals surface area contributed by atoms with Gasteiger partial charge in [0.05, 0.1) is 5.56 Å². The minimum atomic E-state index is -0.304. The van der Waals surface area contributed by atoms with Crippen LogP contribution >= 0.6 is 11.3 Å². The Labute approximate surface area is 105 Å². The van der Waals surface area contributed by atoms with E-state index in [9.17, 15) is 9.59 Å². The number of carbonyl (C=O) groups excluding carboxylic acids is 2. The van der Waals surface area contributed by atoms with E-state index in [4.69, 9.17) is 0 Å².